The lowest BCUT2D eigenvalue weighted by Crippen LogP contribution is -2.36. The Hall–Kier alpha value is -0.940. The fourth-order valence-corrected chi connectivity index (χ4v) is 1.75. The highest BCUT2D eigenvalue weighted by molar-refractivity contribution is 6.08. The third kappa shape index (κ3) is 1.65. The van der Waals surface area contributed by atoms with Gasteiger partial charge >= 0.3 is 0 Å². The zero-order chi connectivity index (χ0) is 10.1. The van der Waals surface area contributed by atoms with Crippen molar-refractivity contribution in [2.24, 2.45) is 11.0 Å². The second-order valence-corrected chi connectivity index (χ2v) is 3.74. The molecular formula is C9H14N2O3. The van der Waals surface area contributed by atoms with Crippen LogP contribution in [0.1, 0.15) is 13.3 Å². The number of fused-ring (bicyclic) bond motifs is 1. The van der Waals surface area contributed by atoms with Gasteiger partial charge in [-0.05, 0) is 6.92 Å². The lowest BCUT2D eigenvalue weighted by molar-refractivity contribution is -0.134. The van der Waals surface area contributed by atoms with Gasteiger partial charge in [0, 0.05) is 6.42 Å². The molecule has 2 atom stereocenters. The van der Waals surface area contributed by atoms with Crippen LogP contribution in [0.5, 0.6) is 0 Å². The van der Waals surface area contributed by atoms with E-state index in [1.54, 1.807) is 6.92 Å². The maximum atomic E-state index is 11.7. The Labute approximate surface area is 82.3 Å². The monoisotopic (exact) mass is 198 g/mol. The summed E-state index contributed by atoms with van der Waals surface area (Å²) in [4.78, 5) is 11.7. The quantitative estimate of drug-likeness (QED) is 0.656. The number of aliphatic hydroxyl groups excluding tert-OH is 1. The van der Waals surface area contributed by atoms with E-state index >= 15 is 0 Å². The van der Waals surface area contributed by atoms with Crippen LogP contribution in [0.15, 0.2) is 5.10 Å². The molecule has 0 radical (unpaired) electrons. The van der Waals surface area contributed by atoms with Gasteiger partial charge in [0.1, 0.15) is 5.92 Å². The minimum absolute atomic E-state index is 0.0411. The predicted molar refractivity (Wildman–Crippen MR) is 49.8 cm³/mol. The molecule has 1 saturated heterocycles. The Morgan fingerprint density at radius 1 is 1.79 bits per heavy atom. The van der Waals surface area contributed by atoms with Crippen molar-refractivity contribution in [1.82, 2.24) is 5.01 Å². The minimum atomic E-state index is -0.538. The maximum absolute atomic E-state index is 11.7. The van der Waals surface area contributed by atoms with E-state index in [4.69, 9.17) is 9.84 Å². The molecule has 1 fully saturated rings. The molecule has 5 heteroatoms. The number of hydrazone groups is 1. The average molecular weight is 198 g/mol. The molecule has 2 aliphatic heterocycles. The summed E-state index contributed by atoms with van der Waals surface area (Å²) >= 11 is 0. The van der Waals surface area contributed by atoms with E-state index in [-0.39, 0.29) is 18.4 Å². The molecular weight excluding hydrogens is 184 g/mol. The number of aliphatic hydroxyl groups is 1. The van der Waals surface area contributed by atoms with Gasteiger partial charge in [0.05, 0.1) is 31.6 Å². The van der Waals surface area contributed by atoms with Gasteiger partial charge in [-0.3, -0.25) is 4.79 Å². The van der Waals surface area contributed by atoms with Gasteiger partial charge in [-0.1, -0.05) is 0 Å². The lowest BCUT2D eigenvalue weighted by Gasteiger charge is -2.18. The molecule has 0 aromatic rings. The lowest BCUT2D eigenvalue weighted by atomic mass is 10.0. The van der Waals surface area contributed by atoms with E-state index in [2.05, 4.69) is 5.10 Å². The van der Waals surface area contributed by atoms with Gasteiger partial charge in [0.25, 0.3) is 5.91 Å². The van der Waals surface area contributed by atoms with Crippen molar-refractivity contribution in [3.8, 4) is 0 Å². The standard InChI is InChI=1S/C9H14N2O3/c1-6(12)4-11-9(13)7-5-14-3-2-8(7)10-11/h6-7,12H,2-5H2,1H3. The van der Waals surface area contributed by atoms with Gasteiger partial charge in [0.15, 0.2) is 0 Å². The normalized spacial score (nSPS) is 28.7. The fraction of sp³-hybridized carbons (Fsp3) is 0.778. The summed E-state index contributed by atoms with van der Waals surface area (Å²) in [5.74, 6) is -0.233. The number of hydrogen-bond donors (Lipinski definition) is 1. The Balaban J connectivity index is 2.08. The first kappa shape index (κ1) is 9.61. The molecule has 2 aliphatic rings. The zero-order valence-corrected chi connectivity index (χ0v) is 8.14. The average Bonchev–Trinajstić information content (AvgIpc) is 2.44. The van der Waals surface area contributed by atoms with Gasteiger partial charge in [-0.25, -0.2) is 5.01 Å². The molecule has 0 spiro atoms. The molecule has 14 heavy (non-hydrogen) atoms. The van der Waals surface area contributed by atoms with Crippen LogP contribution in [-0.2, 0) is 9.53 Å². The molecule has 1 amide bonds. The van der Waals surface area contributed by atoms with E-state index in [0.29, 0.717) is 13.2 Å². The first-order valence-electron chi connectivity index (χ1n) is 4.83. The van der Waals surface area contributed by atoms with Crippen LogP contribution < -0.4 is 0 Å². The topological polar surface area (TPSA) is 62.1 Å². The van der Waals surface area contributed by atoms with Gasteiger partial charge in [-0.15, -0.1) is 0 Å². The largest absolute Gasteiger partial charge is 0.391 e. The molecule has 2 heterocycles. The van der Waals surface area contributed by atoms with E-state index < -0.39 is 6.10 Å². The van der Waals surface area contributed by atoms with Crippen molar-refractivity contribution in [2.45, 2.75) is 19.4 Å². The van der Waals surface area contributed by atoms with Crippen molar-refractivity contribution in [2.75, 3.05) is 19.8 Å². The molecule has 5 nitrogen and oxygen atoms in total. The molecule has 78 valence electrons. The van der Waals surface area contributed by atoms with Crippen molar-refractivity contribution >= 4 is 11.6 Å². The molecule has 0 aliphatic carbocycles. The van der Waals surface area contributed by atoms with Crippen LogP contribution in [0.2, 0.25) is 0 Å². The number of rotatable bonds is 2. The van der Waals surface area contributed by atoms with Crippen LogP contribution in [0.3, 0.4) is 0 Å². The van der Waals surface area contributed by atoms with Crippen molar-refractivity contribution in [3.05, 3.63) is 0 Å². The number of carbonyl (C=O) groups excluding carboxylic acids is 1. The van der Waals surface area contributed by atoms with Gasteiger partial charge in [-0.2, -0.15) is 5.10 Å². The third-order valence-electron chi connectivity index (χ3n) is 2.43. The molecule has 0 bridgehead atoms. The highest BCUT2D eigenvalue weighted by atomic mass is 16.5. The summed E-state index contributed by atoms with van der Waals surface area (Å²) in [6.45, 7) is 3.00. The van der Waals surface area contributed by atoms with Crippen LogP contribution in [0.25, 0.3) is 0 Å². The van der Waals surface area contributed by atoms with E-state index in [1.807, 2.05) is 0 Å². The summed E-state index contributed by atoms with van der Waals surface area (Å²) in [5, 5.41) is 14.7. The summed E-state index contributed by atoms with van der Waals surface area (Å²) in [7, 11) is 0. The second-order valence-electron chi connectivity index (χ2n) is 3.74. The van der Waals surface area contributed by atoms with Crippen LogP contribution in [0, 0.1) is 5.92 Å². The zero-order valence-electron chi connectivity index (χ0n) is 8.14. The van der Waals surface area contributed by atoms with E-state index in [9.17, 15) is 4.79 Å². The minimum Gasteiger partial charge on any atom is -0.391 e. The summed E-state index contributed by atoms with van der Waals surface area (Å²) in [6.07, 6.45) is 0.191. The maximum Gasteiger partial charge on any atom is 0.253 e. The van der Waals surface area contributed by atoms with Crippen molar-refractivity contribution in [1.29, 1.82) is 0 Å². The number of amides is 1. The molecule has 0 aromatic heterocycles. The predicted octanol–water partition coefficient (Wildman–Crippen LogP) is -0.398. The van der Waals surface area contributed by atoms with Crippen molar-refractivity contribution < 1.29 is 14.6 Å². The third-order valence-corrected chi connectivity index (χ3v) is 2.43. The number of nitrogens with zero attached hydrogens (tertiary/aromatic N) is 2. The first-order chi connectivity index (χ1) is 6.68. The highest BCUT2D eigenvalue weighted by Crippen LogP contribution is 2.21. The first-order valence-corrected chi connectivity index (χ1v) is 4.83. The fourth-order valence-electron chi connectivity index (χ4n) is 1.75. The van der Waals surface area contributed by atoms with Crippen molar-refractivity contribution in [3.63, 3.8) is 0 Å². The highest BCUT2D eigenvalue weighted by Gasteiger charge is 2.37. The van der Waals surface area contributed by atoms with E-state index in [0.717, 1.165) is 12.1 Å². The molecule has 2 rings (SSSR count). The van der Waals surface area contributed by atoms with Crippen LogP contribution >= 0.6 is 0 Å². The number of β-amino-alcohol motifs (C(OH)–C–C–N with tert-alkyl or cyclic N) is 1. The summed E-state index contributed by atoms with van der Waals surface area (Å²) in [6, 6.07) is 0. The molecule has 1 N–H and O–H groups in total. The molecule has 0 aromatic carbocycles. The number of carbonyl (C=O) groups is 1. The Bertz CT molecular complexity index is 275. The van der Waals surface area contributed by atoms with E-state index in [1.165, 1.54) is 5.01 Å². The van der Waals surface area contributed by atoms with Crippen LogP contribution in [-0.4, -0.2) is 47.6 Å². The summed E-state index contributed by atoms with van der Waals surface area (Å²) < 4.78 is 5.22. The van der Waals surface area contributed by atoms with Gasteiger partial charge < -0.3 is 9.84 Å². The Morgan fingerprint density at radius 3 is 3.21 bits per heavy atom. The number of ether oxygens (including phenoxy) is 1. The molecule has 2 unspecified atom stereocenters. The Morgan fingerprint density at radius 2 is 2.57 bits per heavy atom. The van der Waals surface area contributed by atoms with Crippen LogP contribution in [0.4, 0.5) is 0 Å². The SMILES string of the molecule is CC(O)CN1N=C2CCOCC2C1=O. The second kappa shape index (κ2) is 3.67. The Kier molecular flexibility index (Phi) is 2.52. The number of hydrogen-bond acceptors (Lipinski definition) is 4. The molecule has 0 saturated carbocycles. The summed E-state index contributed by atoms with van der Waals surface area (Å²) in [5.41, 5.74) is 0.905. The van der Waals surface area contributed by atoms with Gasteiger partial charge in [0.2, 0.25) is 0 Å². The smallest absolute Gasteiger partial charge is 0.253 e.